The molecule has 1 N–H and O–H groups in total. The maximum absolute atomic E-state index is 13.2. The minimum absolute atomic E-state index is 0.0911. The van der Waals surface area contributed by atoms with Crippen LogP contribution >= 0.6 is 0 Å². The molecular weight excluding hydrogens is 333 g/mol. The lowest BCUT2D eigenvalue weighted by Crippen LogP contribution is -2.43. The average Bonchev–Trinajstić information content (AvgIpc) is 2.87. The Morgan fingerprint density at radius 3 is 2.75 bits per heavy atom. The van der Waals surface area contributed by atoms with Crippen LogP contribution in [0.1, 0.15) is 26.7 Å². The van der Waals surface area contributed by atoms with E-state index in [0.717, 1.165) is 0 Å². The molecule has 0 radical (unpaired) electrons. The summed E-state index contributed by atoms with van der Waals surface area (Å²) in [5.41, 5.74) is 0.991. The molecule has 1 aliphatic heterocycles. The molecule has 24 heavy (non-hydrogen) atoms. The minimum Gasteiger partial charge on any atom is -0.424 e. The Bertz CT molecular complexity index is 811. The van der Waals surface area contributed by atoms with E-state index in [9.17, 15) is 12.8 Å². The van der Waals surface area contributed by atoms with Crippen molar-refractivity contribution in [2.75, 3.05) is 24.2 Å². The maximum Gasteiger partial charge on any atom is 0.295 e. The maximum atomic E-state index is 13.2. The lowest BCUT2D eigenvalue weighted by molar-refractivity contribution is 0.325. The molecule has 132 valence electrons. The summed E-state index contributed by atoms with van der Waals surface area (Å²) >= 11 is 0. The number of rotatable bonds is 5. The molecule has 1 aromatic carbocycles. The molecule has 1 aromatic heterocycles. The van der Waals surface area contributed by atoms with E-state index in [1.54, 1.807) is 10.4 Å². The van der Waals surface area contributed by atoms with Gasteiger partial charge in [-0.05, 0) is 30.9 Å². The van der Waals surface area contributed by atoms with Crippen LogP contribution < -0.4 is 5.32 Å². The highest BCUT2D eigenvalue weighted by Crippen LogP contribution is 2.23. The lowest BCUT2D eigenvalue weighted by Gasteiger charge is -2.31. The summed E-state index contributed by atoms with van der Waals surface area (Å²) in [5.74, 6) is -0.0566. The van der Waals surface area contributed by atoms with Gasteiger partial charge in [0.1, 0.15) is 11.3 Å². The number of nitrogens with one attached hydrogen (secondary N) is 1. The Hall–Kier alpha value is -1.67. The lowest BCUT2D eigenvalue weighted by atomic mass is 10.1. The molecule has 1 aliphatic rings. The zero-order valence-electron chi connectivity index (χ0n) is 13.8. The third-order valence-corrected chi connectivity index (χ3v) is 6.31. The molecule has 6 nitrogen and oxygen atoms in total. The number of halogens is 1. The number of oxazole rings is 1. The Labute approximate surface area is 141 Å². The summed E-state index contributed by atoms with van der Waals surface area (Å²) in [5, 5.41) is 3.18. The number of hydrogen-bond acceptors (Lipinski definition) is 5. The molecule has 0 bridgehead atoms. The molecule has 2 heterocycles. The third kappa shape index (κ3) is 3.87. The van der Waals surface area contributed by atoms with Crippen LogP contribution in [0.2, 0.25) is 0 Å². The molecule has 8 heteroatoms. The van der Waals surface area contributed by atoms with Crippen molar-refractivity contribution in [2.45, 2.75) is 32.7 Å². The summed E-state index contributed by atoms with van der Waals surface area (Å²) in [6.45, 7) is 4.78. The molecule has 2 aromatic rings. The largest absolute Gasteiger partial charge is 0.424 e. The SMILES string of the molecule is CC(C)CS(=O)(=O)N1CCC(Nc2nc3cc(F)ccc3o2)CC1. The van der Waals surface area contributed by atoms with Gasteiger partial charge in [0.15, 0.2) is 5.58 Å². The summed E-state index contributed by atoms with van der Waals surface area (Å²) in [6.07, 6.45) is 1.37. The van der Waals surface area contributed by atoms with Crippen molar-refractivity contribution in [1.29, 1.82) is 0 Å². The predicted molar refractivity (Wildman–Crippen MR) is 90.8 cm³/mol. The monoisotopic (exact) mass is 355 g/mol. The van der Waals surface area contributed by atoms with E-state index < -0.39 is 10.0 Å². The molecule has 1 saturated heterocycles. The molecule has 3 rings (SSSR count). The highest BCUT2D eigenvalue weighted by molar-refractivity contribution is 7.89. The number of fused-ring (bicyclic) bond motifs is 1. The molecule has 1 fully saturated rings. The van der Waals surface area contributed by atoms with Crippen molar-refractivity contribution in [3.63, 3.8) is 0 Å². The van der Waals surface area contributed by atoms with Crippen LogP contribution in [0.4, 0.5) is 10.4 Å². The first-order chi connectivity index (χ1) is 11.3. The molecule has 0 amide bonds. The Morgan fingerprint density at radius 2 is 2.08 bits per heavy atom. The van der Waals surface area contributed by atoms with E-state index in [0.29, 0.717) is 43.0 Å². The van der Waals surface area contributed by atoms with Crippen LogP contribution in [-0.4, -0.2) is 42.6 Å². The van der Waals surface area contributed by atoms with Crippen molar-refractivity contribution in [2.24, 2.45) is 5.92 Å². The highest BCUT2D eigenvalue weighted by Gasteiger charge is 2.29. The standard InChI is InChI=1S/C16H22FN3O3S/c1-11(2)10-24(21,22)20-7-5-13(6-8-20)18-16-19-14-9-12(17)3-4-15(14)23-16/h3-4,9,11,13H,5-8,10H2,1-2H3,(H,18,19). The van der Waals surface area contributed by atoms with Crippen molar-refractivity contribution in [3.05, 3.63) is 24.0 Å². The van der Waals surface area contributed by atoms with Gasteiger partial charge in [0, 0.05) is 25.2 Å². The van der Waals surface area contributed by atoms with Gasteiger partial charge < -0.3 is 9.73 Å². The fraction of sp³-hybridized carbons (Fsp3) is 0.562. The molecule has 0 aliphatic carbocycles. The normalized spacial score (nSPS) is 17.7. The predicted octanol–water partition coefficient (Wildman–Crippen LogP) is 2.83. The van der Waals surface area contributed by atoms with E-state index in [-0.39, 0.29) is 23.5 Å². The van der Waals surface area contributed by atoms with Gasteiger partial charge in [-0.2, -0.15) is 4.98 Å². The Balaban J connectivity index is 1.60. The van der Waals surface area contributed by atoms with Gasteiger partial charge in [-0.3, -0.25) is 0 Å². The average molecular weight is 355 g/mol. The Kier molecular flexibility index (Phi) is 4.78. The quantitative estimate of drug-likeness (QED) is 0.893. The van der Waals surface area contributed by atoms with Crippen LogP contribution in [0.25, 0.3) is 11.1 Å². The van der Waals surface area contributed by atoms with E-state index >= 15 is 0 Å². The van der Waals surface area contributed by atoms with Crippen molar-refractivity contribution < 1.29 is 17.2 Å². The van der Waals surface area contributed by atoms with Crippen molar-refractivity contribution in [1.82, 2.24) is 9.29 Å². The van der Waals surface area contributed by atoms with Gasteiger partial charge in [-0.15, -0.1) is 0 Å². The van der Waals surface area contributed by atoms with Crippen LogP contribution in [-0.2, 0) is 10.0 Å². The second kappa shape index (κ2) is 6.68. The number of anilines is 1. The molecular formula is C16H22FN3O3S. The van der Waals surface area contributed by atoms with Crippen LogP contribution in [0.5, 0.6) is 0 Å². The van der Waals surface area contributed by atoms with Gasteiger partial charge in [-0.1, -0.05) is 13.8 Å². The molecule has 0 unspecified atom stereocenters. The fourth-order valence-corrected chi connectivity index (χ4v) is 4.76. The number of aromatic nitrogens is 1. The summed E-state index contributed by atoms with van der Waals surface area (Å²) in [6, 6.07) is 4.64. The van der Waals surface area contributed by atoms with Gasteiger partial charge in [0.2, 0.25) is 10.0 Å². The van der Waals surface area contributed by atoms with Crippen LogP contribution in [0.15, 0.2) is 22.6 Å². The summed E-state index contributed by atoms with van der Waals surface area (Å²) in [7, 11) is -3.18. The molecule has 0 spiro atoms. The zero-order chi connectivity index (χ0) is 17.3. The van der Waals surface area contributed by atoms with Gasteiger partial charge in [0.05, 0.1) is 5.75 Å². The number of nitrogens with zero attached hydrogens (tertiary/aromatic N) is 2. The smallest absolute Gasteiger partial charge is 0.295 e. The second-order valence-electron chi connectivity index (χ2n) is 6.62. The third-order valence-electron chi connectivity index (χ3n) is 4.07. The van der Waals surface area contributed by atoms with Crippen molar-refractivity contribution in [3.8, 4) is 0 Å². The first kappa shape index (κ1) is 17.2. The molecule has 0 atom stereocenters. The highest BCUT2D eigenvalue weighted by atomic mass is 32.2. The minimum atomic E-state index is -3.18. The van der Waals surface area contributed by atoms with E-state index in [2.05, 4.69) is 10.3 Å². The number of sulfonamides is 1. The van der Waals surface area contributed by atoms with E-state index in [1.165, 1.54) is 12.1 Å². The summed E-state index contributed by atoms with van der Waals surface area (Å²) in [4.78, 5) is 4.23. The first-order valence-corrected chi connectivity index (χ1v) is 9.75. The van der Waals surface area contributed by atoms with E-state index in [1.807, 2.05) is 13.8 Å². The number of piperidine rings is 1. The summed E-state index contributed by atoms with van der Waals surface area (Å²) < 4.78 is 44.8. The van der Waals surface area contributed by atoms with E-state index in [4.69, 9.17) is 4.42 Å². The number of hydrogen-bond donors (Lipinski definition) is 1. The first-order valence-electron chi connectivity index (χ1n) is 8.14. The number of benzene rings is 1. The topological polar surface area (TPSA) is 75.4 Å². The van der Waals surface area contributed by atoms with Gasteiger partial charge in [-0.25, -0.2) is 17.1 Å². The van der Waals surface area contributed by atoms with Gasteiger partial charge >= 0.3 is 0 Å². The molecule has 0 saturated carbocycles. The second-order valence-corrected chi connectivity index (χ2v) is 8.63. The van der Waals surface area contributed by atoms with Crippen LogP contribution in [0.3, 0.4) is 0 Å². The zero-order valence-corrected chi connectivity index (χ0v) is 14.6. The fourth-order valence-electron chi connectivity index (χ4n) is 2.94. The van der Waals surface area contributed by atoms with Gasteiger partial charge in [0.25, 0.3) is 6.01 Å². The Morgan fingerprint density at radius 1 is 1.38 bits per heavy atom. The van der Waals surface area contributed by atoms with Crippen LogP contribution in [0, 0.1) is 11.7 Å². The van der Waals surface area contributed by atoms with Crippen molar-refractivity contribution >= 4 is 27.1 Å².